The van der Waals surface area contributed by atoms with Gasteiger partial charge in [-0.2, -0.15) is 0 Å². The van der Waals surface area contributed by atoms with Gasteiger partial charge in [-0.1, -0.05) is 12.1 Å². The van der Waals surface area contributed by atoms with Crippen molar-refractivity contribution in [2.24, 2.45) is 0 Å². The summed E-state index contributed by atoms with van der Waals surface area (Å²) in [7, 11) is 0. The Kier molecular flexibility index (Phi) is 4.96. The first-order valence-corrected chi connectivity index (χ1v) is 8.36. The molecular weight excluding hydrogens is 324 g/mol. The maximum absolute atomic E-state index is 12.5. The summed E-state index contributed by atoms with van der Waals surface area (Å²) in [6.07, 6.45) is 5.02. The fourth-order valence-electron chi connectivity index (χ4n) is 2.29. The minimum atomic E-state index is -0.268. The number of nitrogens with zero attached hydrogens (tertiary/aromatic N) is 2. The van der Waals surface area contributed by atoms with Crippen LogP contribution in [-0.4, -0.2) is 27.6 Å². The monoisotopic (exact) mass is 340 g/mol. The Morgan fingerprint density at radius 3 is 2.50 bits per heavy atom. The first-order valence-electron chi connectivity index (χ1n) is 7.54. The van der Waals surface area contributed by atoms with E-state index >= 15 is 0 Å². The van der Waals surface area contributed by atoms with E-state index in [9.17, 15) is 9.59 Å². The van der Waals surface area contributed by atoms with Crippen molar-refractivity contribution in [3.05, 3.63) is 64.8 Å². The van der Waals surface area contributed by atoms with Gasteiger partial charge in [-0.3, -0.25) is 19.5 Å². The van der Waals surface area contributed by atoms with Gasteiger partial charge in [-0.15, -0.1) is 0 Å². The molecule has 0 unspecified atom stereocenters. The molecule has 0 saturated carbocycles. The third-order valence-electron chi connectivity index (χ3n) is 3.45. The van der Waals surface area contributed by atoms with Crippen LogP contribution in [0.1, 0.15) is 18.1 Å². The molecule has 1 aromatic carbocycles. The molecule has 6 heteroatoms. The number of carbonyl (C=O) groups excluding carboxylic acids is 2. The van der Waals surface area contributed by atoms with E-state index in [-0.39, 0.29) is 17.7 Å². The van der Waals surface area contributed by atoms with E-state index in [2.05, 4.69) is 4.98 Å². The molecule has 2 heterocycles. The van der Waals surface area contributed by atoms with Gasteiger partial charge in [0.25, 0.3) is 11.1 Å². The Bertz CT molecular complexity index is 773. The van der Waals surface area contributed by atoms with Crippen molar-refractivity contribution in [3.8, 4) is 5.75 Å². The van der Waals surface area contributed by atoms with Crippen LogP contribution in [0.3, 0.4) is 0 Å². The number of ether oxygens (including phenoxy) is 1. The number of thioether (sulfide) groups is 1. The Hall–Kier alpha value is -2.60. The van der Waals surface area contributed by atoms with E-state index < -0.39 is 0 Å². The van der Waals surface area contributed by atoms with Crippen molar-refractivity contribution in [3.63, 3.8) is 0 Å². The average Bonchev–Trinajstić information content (AvgIpc) is 2.85. The van der Waals surface area contributed by atoms with Crippen LogP contribution in [0.4, 0.5) is 4.79 Å². The van der Waals surface area contributed by atoms with Crippen molar-refractivity contribution in [1.29, 1.82) is 0 Å². The molecule has 0 atom stereocenters. The first-order chi connectivity index (χ1) is 11.7. The lowest BCUT2D eigenvalue weighted by Gasteiger charge is -2.11. The van der Waals surface area contributed by atoms with Gasteiger partial charge in [-0.25, -0.2) is 0 Å². The molecule has 0 radical (unpaired) electrons. The summed E-state index contributed by atoms with van der Waals surface area (Å²) in [6, 6.07) is 11.0. The average molecular weight is 340 g/mol. The summed E-state index contributed by atoms with van der Waals surface area (Å²) in [4.78, 5) is 30.2. The molecule has 1 saturated heterocycles. The second-order valence-electron chi connectivity index (χ2n) is 5.13. The van der Waals surface area contributed by atoms with E-state index in [1.54, 1.807) is 30.6 Å². The van der Waals surface area contributed by atoms with E-state index in [1.165, 1.54) is 4.90 Å². The highest BCUT2D eigenvalue weighted by Gasteiger charge is 2.34. The van der Waals surface area contributed by atoms with Gasteiger partial charge in [0, 0.05) is 12.4 Å². The van der Waals surface area contributed by atoms with E-state index in [1.807, 2.05) is 31.2 Å². The standard InChI is InChI=1S/C18H16N2O3S/c1-2-23-15-5-3-13(4-6-15)11-16-17(21)20(18(22)24-16)12-14-7-9-19-10-8-14/h3-11H,2,12H2,1H3/b16-11+. The number of aromatic nitrogens is 1. The molecule has 5 nitrogen and oxygen atoms in total. The van der Waals surface area contributed by atoms with Gasteiger partial charge in [0.2, 0.25) is 0 Å². The number of hydrogen-bond acceptors (Lipinski definition) is 5. The molecule has 0 N–H and O–H groups in total. The molecular formula is C18H16N2O3S. The molecule has 1 aromatic heterocycles. The van der Waals surface area contributed by atoms with E-state index in [0.29, 0.717) is 11.5 Å². The second kappa shape index (κ2) is 7.31. The summed E-state index contributed by atoms with van der Waals surface area (Å²) in [5.41, 5.74) is 1.72. The van der Waals surface area contributed by atoms with Crippen molar-refractivity contribution in [2.45, 2.75) is 13.5 Å². The summed E-state index contributed by atoms with van der Waals surface area (Å²) >= 11 is 0.962. The molecule has 0 aliphatic carbocycles. The number of imide groups is 1. The Morgan fingerprint density at radius 2 is 1.83 bits per heavy atom. The van der Waals surface area contributed by atoms with Crippen LogP contribution in [0.5, 0.6) is 5.75 Å². The molecule has 1 aliphatic rings. The molecule has 2 amide bonds. The number of benzene rings is 1. The highest BCUT2D eigenvalue weighted by atomic mass is 32.2. The maximum atomic E-state index is 12.5. The lowest BCUT2D eigenvalue weighted by Crippen LogP contribution is -2.27. The van der Waals surface area contributed by atoms with Gasteiger partial charge in [0.1, 0.15) is 5.75 Å². The fourth-order valence-corrected chi connectivity index (χ4v) is 3.12. The first kappa shape index (κ1) is 16.3. The van der Waals surface area contributed by atoms with Gasteiger partial charge >= 0.3 is 0 Å². The smallest absolute Gasteiger partial charge is 0.293 e. The van der Waals surface area contributed by atoms with E-state index in [0.717, 1.165) is 28.6 Å². The summed E-state index contributed by atoms with van der Waals surface area (Å²) in [5, 5.41) is -0.256. The molecule has 0 spiro atoms. The maximum Gasteiger partial charge on any atom is 0.293 e. The van der Waals surface area contributed by atoms with Crippen LogP contribution in [-0.2, 0) is 11.3 Å². The number of pyridine rings is 1. The molecule has 3 rings (SSSR count). The number of rotatable bonds is 5. The quantitative estimate of drug-likeness (QED) is 0.777. The molecule has 1 fully saturated rings. The second-order valence-corrected chi connectivity index (χ2v) is 6.12. The van der Waals surface area contributed by atoms with Gasteiger partial charge in [0.15, 0.2) is 0 Å². The Labute approximate surface area is 144 Å². The predicted octanol–water partition coefficient (Wildman–Crippen LogP) is 3.72. The van der Waals surface area contributed by atoms with Crippen LogP contribution in [0, 0.1) is 0 Å². The van der Waals surface area contributed by atoms with Crippen LogP contribution in [0.25, 0.3) is 6.08 Å². The van der Waals surface area contributed by atoms with Crippen molar-refractivity contribution in [1.82, 2.24) is 9.88 Å². The van der Waals surface area contributed by atoms with E-state index in [4.69, 9.17) is 4.74 Å². The zero-order chi connectivity index (χ0) is 16.9. The Balaban J connectivity index is 1.75. The lowest BCUT2D eigenvalue weighted by molar-refractivity contribution is -0.123. The zero-order valence-corrected chi connectivity index (χ0v) is 14.0. The molecule has 24 heavy (non-hydrogen) atoms. The highest BCUT2D eigenvalue weighted by Crippen LogP contribution is 2.33. The number of carbonyl (C=O) groups is 2. The summed E-state index contributed by atoms with van der Waals surface area (Å²) in [5.74, 6) is 0.510. The molecule has 122 valence electrons. The van der Waals surface area contributed by atoms with Crippen LogP contribution in [0.2, 0.25) is 0 Å². The van der Waals surface area contributed by atoms with Crippen molar-refractivity contribution in [2.75, 3.05) is 6.61 Å². The topological polar surface area (TPSA) is 59.5 Å². The SMILES string of the molecule is CCOc1ccc(/C=C2/SC(=O)N(Cc3ccncc3)C2=O)cc1. The summed E-state index contributed by atoms with van der Waals surface area (Å²) < 4.78 is 5.39. The largest absolute Gasteiger partial charge is 0.494 e. The van der Waals surface area contributed by atoms with Crippen LogP contribution >= 0.6 is 11.8 Å². The van der Waals surface area contributed by atoms with Crippen molar-refractivity contribution >= 4 is 29.0 Å². The van der Waals surface area contributed by atoms with Gasteiger partial charge < -0.3 is 4.74 Å². The normalized spacial score (nSPS) is 16.0. The molecule has 0 bridgehead atoms. The fraction of sp³-hybridized carbons (Fsp3) is 0.167. The van der Waals surface area contributed by atoms with Crippen LogP contribution in [0.15, 0.2) is 53.7 Å². The Morgan fingerprint density at radius 1 is 1.12 bits per heavy atom. The summed E-state index contributed by atoms with van der Waals surface area (Å²) in [6.45, 7) is 2.79. The zero-order valence-electron chi connectivity index (χ0n) is 13.1. The van der Waals surface area contributed by atoms with Crippen molar-refractivity contribution < 1.29 is 14.3 Å². The number of amides is 2. The predicted molar refractivity (Wildman–Crippen MR) is 93.4 cm³/mol. The minimum absolute atomic E-state index is 0.256. The molecule has 2 aromatic rings. The number of hydrogen-bond donors (Lipinski definition) is 0. The molecule has 1 aliphatic heterocycles. The van der Waals surface area contributed by atoms with Crippen LogP contribution < -0.4 is 4.74 Å². The third kappa shape index (κ3) is 3.65. The lowest BCUT2D eigenvalue weighted by atomic mass is 10.2. The third-order valence-corrected chi connectivity index (χ3v) is 4.36. The van der Waals surface area contributed by atoms with Gasteiger partial charge in [0.05, 0.1) is 18.1 Å². The highest BCUT2D eigenvalue weighted by molar-refractivity contribution is 8.18. The van der Waals surface area contributed by atoms with Gasteiger partial charge in [-0.05, 0) is 60.2 Å². The minimum Gasteiger partial charge on any atom is -0.494 e.